The highest BCUT2D eigenvalue weighted by atomic mass is 16.5. The van der Waals surface area contributed by atoms with Crippen LogP contribution >= 0.6 is 0 Å². The maximum atomic E-state index is 12.0. The van der Waals surface area contributed by atoms with Crippen molar-refractivity contribution in [2.45, 2.75) is 257 Å². The first kappa shape index (κ1) is 50.6. The van der Waals surface area contributed by atoms with E-state index in [4.69, 9.17) is 9.84 Å². The van der Waals surface area contributed by atoms with Crippen molar-refractivity contribution in [1.82, 2.24) is 0 Å². The zero-order chi connectivity index (χ0) is 37.5. The smallest absolute Gasteiger partial charge is 0.305 e. The van der Waals surface area contributed by atoms with Gasteiger partial charge in [0.2, 0.25) is 0 Å². The zero-order valence-corrected chi connectivity index (χ0v) is 35.2. The van der Waals surface area contributed by atoms with E-state index in [0.717, 1.165) is 44.9 Å². The fraction of sp³-hybridized carbons (Fsp3) is 0.857. The molecule has 0 radical (unpaired) electrons. The highest BCUT2D eigenvalue weighted by Gasteiger charge is 2.03. The molecule has 0 aliphatic heterocycles. The van der Waals surface area contributed by atoms with Crippen LogP contribution in [0.1, 0.15) is 257 Å². The highest BCUT2D eigenvalue weighted by Crippen LogP contribution is 2.17. The van der Waals surface area contributed by atoms with Crippen molar-refractivity contribution in [2.24, 2.45) is 0 Å². The van der Waals surface area contributed by atoms with Gasteiger partial charge in [-0.25, -0.2) is 0 Å². The number of allylic oxidation sites excluding steroid dienone is 6. The standard InChI is InChI=1S/C49H92O3/c1-2-3-4-5-6-7-8-9-25-28-31-34-37-40-43-46-49(51)52-48-45-42-39-36-33-30-27-24-22-20-18-16-14-12-10-11-13-15-17-19-21-23-26-29-32-35-38-41-44-47-50/h3-4,6-7,9,25,50H,2,5,8,10-24,26-48H2,1H3/b4-3-,7-6-,25-9-. The minimum Gasteiger partial charge on any atom is -0.466 e. The predicted molar refractivity (Wildman–Crippen MR) is 231 cm³/mol. The largest absolute Gasteiger partial charge is 0.466 e. The third kappa shape index (κ3) is 46.7. The van der Waals surface area contributed by atoms with Crippen LogP contribution in [0.3, 0.4) is 0 Å². The highest BCUT2D eigenvalue weighted by molar-refractivity contribution is 5.69. The monoisotopic (exact) mass is 729 g/mol. The molecule has 0 aromatic heterocycles. The van der Waals surface area contributed by atoms with Crippen LogP contribution < -0.4 is 0 Å². The fourth-order valence-electron chi connectivity index (χ4n) is 7.13. The van der Waals surface area contributed by atoms with E-state index in [1.807, 2.05) is 0 Å². The topological polar surface area (TPSA) is 46.5 Å². The maximum Gasteiger partial charge on any atom is 0.305 e. The molecule has 3 heteroatoms. The Morgan fingerprint density at radius 2 is 0.692 bits per heavy atom. The molecule has 0 aliphatic carbocycles. The minimum absolute atomic E-state index is 0.00726. The maximum absolute atomic E-state index is 12.0. The molecule has 0 saturated carbocycles. The Hall–Kier alpha value is -1.35. The van der Waals surface area contributed by atoms with Gasteiger partial charge in [-0.1, -0.05) is 236 Å². The van der Waals surface area contributed by atoms with Gasteiger partial charge in [0.1, 0.15) is 0 Å². The van der Waals surface area contributed by atoms with Gasteiger partial charge < -0.3 is 9.84 Å². The first-order valence-corrected chi connectivity index (χ1v) is 23.5. The van der Waals surface area contributed by atoms with Crippen molar-refractivity contribution in [3.05, 3.63) is 36.5 Å². The molecule has 0 aromatic rings. The van der Waals surface area contributed by atoms with Gasteiger partial charge in [-0.3, -0.25) is 4.79 Å². The van der Waals surface area contributed by atoms with Crippen LogP contribution in [0.25, 0.3) is 0 Å². The number of rotatable bonds is 44. The molecule has 306 valence electrons. The summed E-state index contributed by atoms with van der Waals surface area (Å²) in [6.07, 6.45) is 64.2. The molecule has 0 fully saturated rings. The molecule has 0 aromatic carbocycles. The van der Waals surface area contributed by atoms with Crippen LogP contribution in [0.4, 0.5) is 0 Å². The molecular formula is C49H92O3. The number of ether oxygens (including phenoxy) is 1. The average Bonchev–Trinajstić information content (AvgIpc) is 3.15. The summed E-state index contributed by atoms with van der Waals surface area (Å²) in [7, 11) is 0. The van der Waals surface area contributed by atoms with Crippen molar-refractivity contribution >= 4 is 5.97 Å². The second-order valence-corrected chi connectivity index (χ2v) is 15.8. The quantitative estimate of drug-likeness (QED) is 0.0386. The van der Waals surface area contributed by atoms with Crippen molar-refractivity contribution in [1.29, 1.82) is 0 Å². The Morgan fingerprint density at radius 3 is 1.08 bits per heavy atom. The molecule has 0 heterocycles. The summed E-state index contributed by atoms with van der Waals surface area (Å²) in [6.45, 7) is 3.15. The summed E-state index contributed by atoms with van der Waals surface area (Å²) < 4.78 is 5.46. The first-order chi connectivity index (χ1) is 25.8. The molecule has 52 heavy (non-hydrogen) atoms. The van der Waals surface area contributed by atoms with Crippen LogP contribution in [0.5, 0.6) is 0 Å². The van der Waals surface area contributed by atoms with E-state index in [0.29, 0.717) is 19.6 Å². The van der Waals surface area contributed by atoms with Gasteiger partial charge in [0.15, 0.2) is 0 Å². The van der Waals surface area contributed by atoms with Crippen molar-refractivity contribution in [2.75, 3.05) is 13.2 Å². The van der Waals surface area contributed by atoms with Gasteiger partial charge in [0.25, 0.3) is 0 Å². The lowest BCUT2D eigenvalue weighted by Crippen LogP contribution is -2.05. The number of aliphatic hydroxyl groups excluding tert-OH is 1. The Morgan fingerprint density at radius 1 is 0.385 bits per heavy atom. The van der Waals surface area contributed by atoms with E-state index in [1.54, 1.807) is 0 Å². The molecule has 3 nitrogen and oxygen atoms in total. The van der Waals surface area contributed by atoms with Gasteiger partial charge in [-0.2, -0.15) is 0 Å². The normalized spacial score (nSPS) is 12.0. The van der Waals surface area contributed by atoms with E-state index in [2.05, 4.69) is 43.4 Å². The summed E-state index contributed by atoms with van der Waals surface area (Å²) in [6, 6.07) is 0. The molecular weight excluding hydrogens is 637 g/mol. The molecule has 0 spiro atoms. The molecule has 0 atom stereocenters. The number of hydrogen-bond donors (Lipinski definition) is 1. The van der Waals surface area contributed by atoms with Gasteiger partial charge in [0, 0.05) is 13.0 Å². The van der Waals surface area contributed by atoms with E-state index >= 15 is 0 Å². The van der Waals surface area contributed by atoms with E-state index in [-0.39, 0.29) is 5.97 Å². The molecule has 0 bridgehead atoms. The summed E-state index contributed by atoms with van der Waals surface area (Å²) in [5.74, 6) is 0.00726. The Kier molecular flexibility index (Phi) is 46.4. The van der Waals surface area contributed by atoms with Crippen molar-refractivity contribution in [3.63, 3.8) is 0 Å². The predicted octanol–water partition coefficient (Wildman–Crippen LogP) is 16.4. The summed E-state index contributed by atoms with van der Waals surface area (Å²) in [5, 5.41) is 8.81. The number of hydrogen-bond acceptors (Lipinski definition) is 3. The summed E-state index contributed by atoms with van der Waals surface area (Å²) in [4.78, 5) is 12.0. The van der Waals surface area contributed by atoms with Gasteiger partial charge in [0.05, 0.1) is 6.61 Å². The number of esters is 1. The second-order valence-electron chi connectivity index (χ2n) is 15.8. The lowest BCUT2D eigenvalue weighted by atomic mass is 10.0. The number of aliphatic hydroxyl groups is 1. The molecule has 0 unspecified atom stereocenters. The van der Waals surface area contributed by atoms with Crippen LogP contribution in [0, 0.1) is 0 Å². The van der Waals surface area contributed by atoms with Crippen LogP contribution in [-0.2, 0) is 9.53 Å². The van der Waals surface area contributed by atoms with Crippen LogP contribution in [-0.4, -0.2) is 24.3 Å². The third-order valence-corrected chi connectivity index (χ3v) is 10.6. The second kappa shape index (κ2) is 47.7. The van der Waals surface area contributed by atoms with Crippen LogP contribution in [0.15, 0.2) is 36.5 Å². The Bertz CT molecular complexity index is 754. The number of carbonyl (C=O) groups is 1. The fourth-order valence-corrected chi connectivity index (χ4v) is 7.13. The number of carbonyl (C=O) groups excluding carboxylic acids is 1. The zero-order valence-electron chi connectivity index (χ0n) is 35.2. The minimum atomic E-state index is 0.00726. The van der Waals surface area contributed by atoms with Gasteiger partial charge >= 0.3 is 5.97 Å². The molecule has 0 saturated heterocycles. The molecule has 1 N–H and O–H groups in total. The average molecular weight is 729 g/mol. The lowest BCUT2D eigenvalue weighted by molar-refractivity contribution is -0.143. The van der Waals surface area contributed by atoms with Gasteiger partial charge in [-0.05, 0) is 51.4 Å². The third-order valence-electron chi connectivity index (χ3n) is 10.6. The van der Waals surface area contributed by atoms with E-state index in [1.165, 1.54) is 199 Å². The summed E-state index contributed by atoms with van der Waals surface area (Å²) >= 11 is 0. The van der Waals surface area contributed by atoms with Crippen LogP contribution in [0.2, 0.25) is 0 Å². The van der Waals surface area contributed by atoms with Crippen molar-refractivity contribution < 1.29 is 14.6 Å². The van der Waals surface area contributed by atoms with E-state index in [9.17, 15) is 4.79 Å². The summed E-state index contributed by atoms with van der Waals surface area (Å²) in [5.41, 5.74) is 0. The molecule has 0 rings (SSSR count). The Balaban J connectivity index is 3.17. The SMILES string of the molecule is CC/C=C\C/C=C\C/C=C\CCCCCCCC(=O)OCCCCCCCCCCCCCCCCCCCCCCCCCCCCCCCO. The Labute approximate surface area is 326 Å². The first-order valence-electron chi connectivity index (χ1n) is 23.5. The van der Waals surface area contributed by atoms with Gasteiger partial charge in [-0.15, -0.1) is 0 Å². The molecule has 0 amide bonds. The molecule has 0 aliphatic rings. The number of unbranched alkanes of at least 4 members (excludes halogenated alkanes) is 33. The lowest BCUT2D eigenvalue weighted by Gasteiger charge is -2.06. The van der Waals surface area contributed by atoms with E-state index < -0.39 is 0 Å². The van der Waals surface area contributed by atoms with Crippen molar-refractivity contribution in [3.8, 4) is 0 Å².